The number of pyridine rings is 2. The zero-order chi connectivity index (χ0) is 16.7. The lowest BCUT2D eigenvalue weighted by Gasteiger charge is -2.08. The predicted octanol–water partition coefficient (Wildman–Crippen LogP) is 4.09. The topological polar surface area (TPSA) is 54.9 Å². The predicted molar refractivity (Wildman–Crippen MR) is 91.0 cm³/mol. The number of halogens is 1. The molecule has 1 saturated carbocycles. The van der Waals surface area contributed by atoms with E-state index >= 15 is 0 Å². The molecule has 1 amide bonds. The Morgan fingerprint density at radius 3 is 2.75 bits per heavy atom. The highest BCUT2D eigenvalue weighted by atomic mass is 19.1. The van der Waals surface area contributed by atoms with Gasteiger partial charge in [0.05, 0.1) is 6.20 Å². The average molecular weight is 321 g/mol. The van der Waals surface area contributed by atoms with Gasteiger partial charge in [0.1, 0.15) is 11.6 Å². The molecule has 1 aliphatic carbocycles. The summed E-state index contributed by atoms with van der Waals surface area (Å²) in [7, 11) is 0. The third-order valence-corrected chi connectivity index (χ3v) is 4.29. The van der Waals surface area contributed by atoms with Crippen molar-refractivity contribution >= 4 is 22.5 Å². The highest BCUT2D eigenvalue weighted by Crippen LogP contribution is 2.31. The van der Waals surface area contributed by atoms with Crippen molar-refractivity contribution in [3.63, 3.8) is 0 Å². The zero-order valence-corrected chi connectivity index (χ0v) is 13.2. The van der Waals surface area contributed by atoms with Crippen LogP contribution in [-0.4, -0.2) is 15.9 Å². The third kappa shape index (κ3) is 2.85. The highest BCUT2D eigenvalue weighted by Gasteiger charge is 2.29. The van der Waals surface area contributed by atoms with Crippen LogP contribution in [0.2, 0.25) is 0 Å². The van der Waals surface area contributed by atoms with E-state index in [9.17, 15) is 9.18 Å². The maximum atomic E-state index is 13.5. The minimum atomic E-state index is -0.355. The van der Waals surface area contributed by atoms with Gasteiger partial charge in [0, 0.05) is 28.8 Å². The van der Waals surface area contributed by atoms with Crippen LogP contribution in [0.3, 0.4) is 0 Å². The Morgan fingerprint density at radius 2 is 1.96 bits per heavy atom. The van der Waals surface area contributed by atoms with E-state index < -0.39 is 0 Å². The van der Waals surface area contributed by atoms with Gasteiger partial charge < -0.3 is 5.32 Å². The quantitative estimate of drug-likeness (QED) is 0.790. The first-order chi connectivity index (χ1) is 11.6. The number of hydrogen-bond acceptors (Lipinski definition) is 3. The lowest BCUT2D eigenvalue weighted by molar-refractivity contribution is -0.117. The Morgan fingerprint density at radius 1 is 1.12 bits per heavy atom. The maximum absolute atomic E-state index is 13.5. The first-order valence-corrected chi connectivity index (χ1v) is 7.93. The second-order valence-electron chi connectivity index (χ2n) is 6.18. The lowest BCUT2D eigenvalue weighted by Crippen LogP contribution is -2.14. The van der Waals surface area contributed by atoms with Gasteiger partial charge in [-0.15, -0.1) is 0 Å². The van der Waals surface area contributed by atoms with Crippen molar-refractivity contribution in [2.75, 3.05) is 5.32 Å². The van der Waals surface area contributed by atoms with Crippen LogP contribution < -0.4 is 5.32 Å². The number of rotatable bonds is 3. The average Bonchev–Trinajstić information content (AvgIpc) is 3.42. The number of carbonyl (C=O) groups is 1. The van der Waals surface area contributed by atoms with Crippen LogP contribution in [0.4, 0.5) is 10.2 Å². The van der Waals surface area contributed by atoms with E-state index in [-0.39, 0.29) is 17.6 Å². The van der Waals surface area contributed by atoms with Crippen LogP contribution in [0.25, 0.3) is 21.9 Å². The first-order valence-electron chi connectivity index (χ1n) is 7.93. The third-order valence-electron chi connectivity index (χ3n) is 4.29. The van der Waals surface area contributed by atoms with Crippen molar-refractivity contribution in [1.29, 1.82) is 0 Å². The second kappa shape index (κ2) is 5.67. The van der Waals surface area contributed by atoms with Crippen LogP contribution in [-0.2, 0) is 4.79 Å². The Hall–Kier alpha value is -2.82. The van der Waals surface area contributed by atoms with E-state index in [2.05, 4.69) is 15.3 Å². The van der Waals surface area contributed by atoms with Gasteiger partial charge in [-0.3, -0.25) is 9.78 Å². The van der Waals surface area contributed by atoms with E-state index in [0.717, 1.165) is 40.4 Å². The summed E-state index contributed by atoms with van der Waals surface area (Å²) in [5.41, 5.74) is 2.43. The lowest BCUT2D eigenvalue weighted by atomic mass is 10.0. The van der Waals surface area contributed by atoms with Gasteiger partial charge in [-0.25, -0.2) is 9.37 Å². The Balaban J connectivity index is 1.68. The number of carbonyl (C=O) groups excluding carboxylic acids is 1. The summed E-state index contributed by atoms with van der Waals surface area (Å²) in [6.45, 7) is 1.85. The number of aromatic nitrogens is 2. The molecule has 120 valence electrons. The van der Waals surface area contributed by atoms with E-state index in [1.165, 1.54) is 12.3 Å². The summed E-state index contributed by atoms with van der Waals surface area (Å²) >= 11 is 0. The SMILES string of the molecule is Cc1ncc(F)cc1-c1ccc2cc(NC(=O)C3CC3)ncc2c1. The van der Waals surface area contributed by atoms with Crippen LogP contribution in [0.5, 0.6) is 0 Å². The minimum Gasteiger partial charge on any atom is -0.310 e. The Labute approximate surface area is 138 Å². The number of nitrogens with one attached hydrogen (secondary N) is 1. The molecule has 2 heterocycles. The number of amides is 1. The second-order valence-corrected chi connectivity index (χ2v) is 6.18. The van der Waals surface area contributed by atoms with Crippen molar-refractivity contribution in [2.24, 2.45) is 5.92 Å². The zero-order valence-electron chi connectivity index (χ0n) is 13.2. The molecule has 0 saturated heterocycles. The van der Waals surface area contributed by atoms with Crippen molar-refractivity contribution in [1.82, 2.24) is 9.97 Å². The Bertz CT molecular complexity index is 950. The van der Waals surface area contributed by atoms with Gasteiger partial charge in [-0.2, -0.15) is 0 Å². The van der Waals surface area contributed by atoms with Crippen LogP contribution in [0.15, 0.2) is 42.7 Å². The molecule has 0 bridgehead atoms. The maximum Gasteiger partial charge on any atom is 0.228 e. The van der Waals surface area contributed by atoms with Gasteiger partial charge in [0.15, 0.2) is 0 Å². The number of nitrogens with zero attached hydrogens (tertiary/aromatic N) is 2. The molecule has 5 heteroatoms. The highest BCUT2D eigenvalue weighted by molar-refractivity contribution is 5.96. The smallest absolute Gasteiger partial charge is 0.228 e. The van der Waals surface area contributed by atoms with Gasteiger partial charge >= 0.3 is 0 Å². The molecule has 1 aliphatic rings. The fourth-order valence-corrected chi connectivity index (χ4v) is 2.75. The van der Waals surface area contributed by atoms with Crippen LogP contribution >= 0.6 is 0 Å². The molecule has 4 nitrogen and oxygen atoms in total. The molecule has 0 atom stereocenters. The molecule has 4 rings (SSSR count). The van der Waals surface area contributed by atoms with Crippen molar-refractivity contribution in [3.05, 3.63) is 54.2 Å². The fraction of sp³-hybridized carbons (Fsp3) is 0.211. The molecule has 24 heavy (non-hydrogen) atoms. The summed E-state index contributed by atoms with van der Waals surface area (Å²) in [5.74, 6) is 0.399. The molecule has 3 aromatic rings. The van der Waals surface area contributed by atoms with Crippen molar-refractivity contribution < 1.29 is 9.18 Å². The number of anilines is 1. The monoisotopic (exact) mass is 321 g/mol. The standard InChI is InChI=1S/C19H16FN3O/c1-11-17(8-16(20)10-21-11)14-5-4-13-7-18(22-9-15(13)6-14)23-19(24)12-2-3-12/h4-10,12H,2-3H2,1H3,(H,22,23,24). The van der Waals surface area contributed by atoms with Gasteiger partial charge in [-0.1, -0.05) is 12.1 Å². The summed E-state index contributed by atoms with van der Waals surface area (Å²) in [6, 6.07) is 9.18. The number of benzene rings is 1. The summed E-state index contributed by atoms with van der Waals surface area (Å²) in [4.78, 5) is 20.2. The van der Waals surface area contributed by atoms with E-state index in [4.69, 9.17) is 0 Å². The molecule has 2 aromatic heterocycles. The Kier molecular flexibility index (Phi) is 3.49. The van der Waals surface area contributed by atoms with E-state index in [1.807, 2.05) is 31.2 Å². The largest absolute Gasteiger partial charge is 0.310 e. The molecular weight excluding hydrogens is 305 g/mol. The summed E-state index contributed by atoms with van der Waals surface area (Å²) < 4.78 is 13.5. The number of fused-ring (bicyclic) bond motifs is 1. The first kappa shape index (κ1) is 14.8. The van der Waals surface area contributed by atoms with Gasteiger partial charge in [0.2, 0.25) is 5.91 Å². The molecular formula is C19H16FN3O. The van der Waals surface area contributed by atoms with E-state index in [1.54, 1.807) is 6.20 Å². The molecule has 0 aliphatic heterocycles. The van der Waals surface area contributed by atoms with Crippen molar-refractivity contribution in [3.8, 4) is 11.1 Å². The fourth-order valence-electron chi connectivity index (χ4n) is 2.75. The van der Waals surface area contributed by atoms with Gasteiger partial charge in [0.25, 0.3) is 0 Å². The summed E-state index contributed by atoms with van der Waals surface area (Å²) in [5, 5.41) is 4.75. The molecule has 1 N–H and O–H groups in total. The molecule has 1 fully saturated rings. The number of hydrogen-bond donors (Lipinski definition) is 1. The van der Waals surface area contributed by atoms with Gasteiger partial charge in [-0.05, 0) is 48.9 Å². The van der Waals surface area contributed by atoms with Crippen LogP contribution in [0.1, 0.15) is 18.5 Å². The van der Waals surface area contributed by atoms with Crippen molar-refractivity contribution in [2.45, 2.75) is 19.8 Å². The molecule has 0 spiro atoms. The normalized spacial score (nSPS) is 13.9. The molecule has 0 radical (unpaired) electrons. The summed E-state index contributed by atoms with van der Waals surface area (Å²) in [6.07, 6.45) is 4.87. The molecule has 1 aromatic carbocycles. The van der Waals surface area contributed by atoms with Crippen LogP contribution in [0, 0.1) is 18.7 Å². The number of aryl methyl sites for hydroxylation is 1. The van der Waals surface area contributed by atoms with E-state index in [0.29, 0.717) is 5.82 Å². The molecule has 0 unspecified atom stereocenters. The minimum absolute atomic E-state index is 0.0416.